The van der Waals surface area contributed by atoms with Crippen molar-refractivity contribution in [2.75, 3.05) is 6.61 Å². The Kier molecular flexibility index (Phi) is 7.32. The molecule has 0 N–H and O–H groups in total. The van der Waals surface area contributed by atoms with Gasteiger partial charge in [0, 0.05) is 0 Å². The molecule has 0 fully saturated rings. The van der Waals surface area contributed by atoms with Gasteiger partial charge in [-0.25, -0.2) is 0 Å². The Labute approximate surface area is 118 Å². The molecule has 19 heavy (non-hydrogen) atoms. The van der Waals surface area contributed by atoms with E-state index in [1.54, 1.807) is 0 Å². The molecule has 0 aliphatic rings. The first kappa shape index (κ1) is 15.8. The van der Waals surface area contributed by atoms with Gasteiger partial charge in [-0.2, -0.15) is 0 Å². The molecule has 1 aromatic carbocycles. The molecule has 1 heteroatoms. The molecule has 1 aromatic rings. The maximum atomic E-state index is 5.80. The van der Waals surface area contributed by atoms with Crippen molar-refractivity contribution >= 4 is 0 Å². The Bertz CT molecular complexity index is 393. The highest BCUT2D eigenvalue weighted by Gasteiger charge is 2.14. The van der Waals surface area contributed by atoms with E-state index in [9.17, 15) is 0 Å². The van der Waals surface area contributed by atoms with Crippen LogP contribution >= 0.6 is 0 Å². The van der Waals surface area contributed by atoms with Gasteiger partial charge in [-0.05, 0) is 50.7 Å². The van der Waals surface area contributed by atoms with E-state index in [0.29, 0.717) is 5.92 Å². The molecule has 1 unspecified atom stereocenters. The summed E-state index contributed by atoms with van der Waals surface area (Å²) < 4.78 is 5.80. The molecule has 0 saturated carbocycles. The molecule has 0 aliphatic heterocycles. The molecule has 1 atom stereocenters. The van der Waals surface area contributed by atoms with E-state index >= 15 is 0 Å². The van der Waals surface area contributed by atoms with Crippen LogP contribution in [0.4, 0.5) is 0 Å². The standard InChI is InChI=1S/C18H28O/c1-5-8-9-11-16(10-6-2)17-14-15(4)12-13-18(17)19-7-3/h8-9,12-14,16H,5-7,10-11H2,1-4H3/b9-8-. The summed E-state index contributed by atoms with van der Waals surface area (Å²) in [6.07, 6.45) is 9.25. The molecule has 0 spiro atoms. The first-order chi connectivity index (χ1) is 9.22. The summed E-state index contributed by atoms with van der Waals surface area (Å²) in [6.45, 7) is 9.38. The van der Waals surface area contributed by atoms with Crippen molar-refractivity contribution in [2.24, 2.45) is 0 Å². The fourth-order valence-corrected chi connectivity index (χ4v) is 2.45. The highest BCUT2D eigenvalue weighted by Crippen LogP contribution is 2.33. The highest BCUT2D eigenvalue weighted by atomic mass is 16.5. The average molecular weight is 260 g/mol. The summed E-state index contributed by atoms with van der Waals surface area (Å²) in [5.41, 5.74) is 2.70. The van der Waals surface area contributed by atoms with Gasteiger partial charge in [-0.15, -0.1) is 0 Å². The van der Waals surface area contributed by atoms with Gasteiger partial charge in [0.05, 0.1) is 6.61 Å². The van der Waals surface area contributed by atoms with E-state index in [1.165, 1.54) is 24.0 Å². The molecule has 0 bridgehead atoms. The zero-order chi connectivity index (χ0) is 14.1. The first-order valence-electron chi connectivity index (χ1n) is 7.61. The van der Waals surface area contributed by atoms with E-state index in [1.807, 2.05) is 0 Å². The zero-order valence-corrected chi connectivity index (χ0v) is 12.9. The van der Waals surface area contributed by atoms with Crippen molar-refractivity contribution in [1.29, 1.82) is 0 Å². The van der Waals surface area contributed by atoms with Gasteiger partial charge in [-0.3, -0.25) is 0 Å². The molecule has 0 radical (unpaired) electrons. The average Bonchev–Trinajstić information content (AvgIpc) is 2.40. The smallest absolute Gasteiger partial charge is 0.122 e. The van der Waals surface area contributed by atoms with Crippen LogP contribution in [0.2, 0.25) is 0 Å². The van der Waals surface area contributed by atoms with Crippen molar-refractivity contribution in [2.45, 2.75) is 59.3 Å². The second-order valence-electron chi connectivity index (χ2n) is 5.08. The third kappa shape index (κ3) is 5.10. The molecule has 0 amide bonds. The Morgan fingerprint density at radius 1 is 1.16 bits per heavy atom. The van der Waals surface area contributed by atoms with Gasteiger partial charge in [0.2, 0.25) is 0 Å². The van der Waals surface area contributed by atoms with Crippen molar-refractivity contribution in [3.63, 3.8) is 0 Å². The Morgan fingerprint density at radius 3 is 2.58 bits per heavy atom. The number of rotatable bonds is 8. The predicted octanol–water partition coefficient (Wildman–Crippen LogP) is 5.63. The quantitative estimate of drug-likeness (QED) is 0.550. The zero-order valence-electron chi connectivity index (χ0n) is 12.9. The fourth-order valence-electron chi connectivity index (χ4n) is 2.45. The van der Waals surface area contributed by atoms with Crippen LogP contribution in [-0.2, 0) is 0 Å². The Balaban J connectivity index is 2.97. The van der Waals surface area contributed by atoms with Gasteiger partial charge in [-0.1, -0.05) is 50.1 Å². The fraction of sp³-hybridized carbons (Fsp3) is 0.556. The number of benzene rings is 1. The van der Waals surface area contributed by atoms with Crippen molar-refractivity contribution in [3.05, 3.63) is 41.5 Å². The third-order valence-corrected chi connectivity index (χ3v) is 3.37. The second-order valence-corrected chi connectivity index (χ2v) is 5.08. The minimum atomic E-state index is 0.578. The molecule has 0 aromatic heterocycles. The van der Waals surface area contributed by atoms with Crippen LogP contribution in [0, 0.1) is 6.92 Å². The Hall–Kier alpha value is -1.24. The van der Waals surface area contributed by atoms with Crippen LogP contribution in [0.5, 0.6) is 5.75 Å². The molecular formula is C18H28O. The number of allylic oxidation sites excluding steroid dienone is 2. The third-order valence-electron chi connectivity index (χ3n) is 3.37. The van der Waals surface area contributed by atoms with Gasteiger partial charge >= 0.3 is 0 Å². The SMILES string of the molecule is CC/C=C\CC(CCC)c1cc(C)ccc1OCC. The minimum Gasteiger partial charge on any atom is -0.494 e. The van der Waals surface area contributed by atoms with Crippen LogP contribution in [0.25, 0.3) is 0 Å². The normalized spacial score (nSPS) is 12.8. The van der Waals surface area contributed by atoms with E-state index in [0.717, 1.165) is 25.2 Å². The summed E-state index contributed by atoms with van der Waals surface area (Å²) in [7, 11) is 0. The maximum Gasteiger partial charge on any atom is 0.122 e. The topological polar surface area (TPSA) is 9.23 Å². The van der Waals surface area contributed by atoms with Gasteiger partial charge in [0.15, 0.2) is 0 Å². The van der Waals surface area contributed by atoms with Gasteiger partial charge in [0.25, 0.3) is 0 Å². The summed E-state index contributed by atoms with van der Waals surface area (Å²) in [6, 6.07) is 6.56. The van der Waals surface area contributed by atoms with E-state index in [-0.39, 0.29) is 0 Å². The summed E-state index contributed by atoms with van der Waals surface area (Å²) in [4.78, 5) is 0. The lowest BCUT2D eigenvalue weighted by atomic mass is 9.89. The molecule has 1 rings (SSSR count). The van der Waals surface area contributed by atoms with Crippen LogP contribution in [0.1, 0.15) is 63.5 Å². The molecule has 106 valence electrons. The molecule has 1 nitrogen and oxygen atoms in total. The van der Waals surface area contributed by atoms with E-state index in [4.69, 9.17) is 4.74 Å². The highest BCUT2D eigenvalue weighted by molar-refractivity contribution is 5.39. The van der Waals surface area contributed by atoms with Crippen molar-refractivity contribution in [1.82, 2.24) is 0 Å². The number of hydrogen-bond acceptors (Lipinski definition) is 1. The summed E-state index contributed by atoms with van der Waals surface area (Å²) in [5, 5.41) is 0. The summed E-state index contributed by atoms with van der Waals surface area (Å²) in [5.74, 6) is 1.64. The lowest BCUT2D eigenvalue weighted by Crippen LogP contribution is -2.03. The van der Waals surface area contributed by atoms with Crippen LogP contribution in [-0.4, -0.2) is 6.61 Å². The lowest BCUT2D eigenvalue weighted by Gasteiger charge is -2.19. The van der Waals surface area contributed by atoms with Gasteiger partial charge < -0.3 is 4.74 Å². The predicted molar refractivity (Wildman–Crippen MR) is 84.0 cm³/mol. The van der Waals surface area contributed by atoms with Crippen molar-refractivity contribution in [3.8, 4) is 5.75 Å². The second kappa shape index (κ2) is 8.79. The number of ether oxygens (including phenoxy) is 1. The van der Waals surface area contributed by atoms with Gasteiger partial charge in [0.1, 0.15) is 5.75 Å². The van der Waals surface area contributed by atoms with E-state index < -0.39 is 0 Å². The van der Waals surface area contributed by atoms with Crippen LogP contribution in [0.3, 0.4) is 0 Å². The molecule has 0 aliphatic carbocycles. The first-order valence-corrected chi connectivity index (χ1v) is 7.61. The van der Waals surface area contributed by atoms with Crippen LogP contribution in [0.15, 0.2) is 30.4 Å². The monoisotopic (exact) mass is 260 g/mol. The number of hydrogen-bond donors (Lipinski definition) is 0. The van der Waals surface area contributed by atoms with Crippen molar-refractivity contribution < 1.29 is 4.74 Å². The largest absolute Gasteiger partial charge is 0.494 e. The molecule has 0 saturated heterocycles. The number of aryl methyl sites for hydroxylation is 1. The summed E-state index contributed by atoms with van der Waals surface area (Å²) >= 11 is 0. The lowest BCUT2D eigenvalue weighted by molar-refractivity contribution is 0.333. The Morgan fingerprint density at radius 2 is 1.95 bits per heavy atom. The molecular weight excluding hydrogens is 232 g/mol. The maximum absolute atomic E-state index is 5.80. The van der Waals surface area contributed by atoms with E-state index in [2.05, 4.69) is 58.0 Å². The molecule has 0 heterocycles. The minimum absolute atomic E-state index is 0.578. The van der Waals surface area contributed by atoms with Crippen LogP contribution < -0.4 is 4.74 Å².